The third-order valence-electron chi connectivity index (χ3n) is 4.06. The number of furan rings is 1. The minimum atomic E-state index is -0.681. The zero-order chi connectivity index (χ0) is 20.2. The number of ether oxygens (including phenoxy) is 2. The van der Waals surface area contributed by atoms with Gasteiger partial charge in [-0.1, -0.05) is 17.3 Å². The summed E-state index contributed by atoms with van der Waals surface area (Å²) in [7, 11) is 1.57. The Morgan fingerprint density at radius 1 is 1.07 bits per heavy atom. The van der Waals surface area contributed by atoms with Crippen molar-refractivity contribution in [2.45, 2.75) is 6.61 Å². The van der Waals surface area contributed by atoms with Crippen LogP contribution in [0.4, 0.5) is 4.39 Å². The van der Waals surface area contributed by atoms with Gasteiger partial charge in [0.1, 0.15) is 17.3 Å². The highest BCUT2D eigenvalue weighted by Crippen LogP contribution is 2.24. The summed E-state index contributed by atoms with van der Waals surface area (Å²) in [5.41, 5.74) is 1.35. The van der Waals surface area contributed by atoms with Crippen molar-refractivity contribution in [1.29, 1.82) is 0 Å². The quantitative estimate of drug-likeness (QED) is 0.445. The van der Waals surface area contributed by atoms with Crippen LogP contribution in [-0.2, 0) is 11.3 Å². The molecule has 8 heteroatoms. The number of halogens is 1. The number of hydrogen-bond acceptors (Lipinski definition) is 7. The van der Waals surface area contributed by atoms with E-state index in [1.807, 2.05) is 6.07 Å². The maximum absolute atomic E-state index is 13.0. The normalized spacial score (nSPS) is 10.7. The van der Waals surface area contributed by atoms with Gasteiger partial charge in [0.15, 0.2) is 6.61 Å². The first-order chi connectivity index (χ1) is 14.1. The maximum atomic E-state index is 13.0. The second kappa shape index (κ2) is 7.97. The Bertz CT molecular complexity index is 1130. The number of carbonyl (C=O) groups excluding carboxylic acids is 1. The smallest absolute Gasteiger partial charge is 0.374 e. The van der Waals surface area contributed by atoms with Gasteiger partial charge < -0.3 is 18.4 Å². The fourth-order valence-electron chi connectivity index (χ4n) is 2.61. The Morgan fingerprint density at radius 3 is 2.69 bits per heavy atom. The summed E-state index contributed by atoms with van der Waals surface area (Å²) in [4.78, 5) is 16.4. The fraction of sp³-hybridized carbons (Fsp3) is 0.0952. The molecule has 2 aromatic heterocycles. The Morgan fingerprint density at radius 2 is 1.90 bits per heavy atom. The van der Waals surface area contributed by atoms with E-state index in [2.05, 4.69) is 10.1 Å². The molecule has 0 fully saturated rings. The number of carbonyl (C=O) groups is 1. The predicted molar refractivity (Wildman–Crippen MR) is 99.5 cm³/mol. The van der Waals surface area contributed by atoms with Crippen LogP contribution in [0.3, 0.4) is 0 Å². The SMILES string of the molecule is COc1cccc(-c2noc(COC(=O)c3ccc(-c4ccc(F)cc4)o3)n2)c1. The summed E-state index contributed by atoms with van der Waals surface area (Å²) in [6, 6.07) is 16.0. The van der Waals surface area contributed by atoms with Crippen molar-refractivity contribution < 1.29 is 27.6 Å². The molecule has 0 unspecified atom stereocenters. The minimum Gasteiger partial charge on any atom is -0.497 e. The molecule has 7 nitrogen and oxygen atoms in total. The molecule has 2 heterocycles. The first-order valence-electron chi connectivity index (χ1n) is 8.62. The van der Waals surface area contributed by atoms with E-state index in [1.165, 1.54) is 18.2 Å². The second-order valence-electron chi connectivity index (χ2n) is 5.99. The predicted octanol–water partition coefficient (Wildman–Crippen LogP) is 4.50. The lowest BCUT2D eigenvalue weighted by Gasteiger charge is -2.00. The highest BCUT2D eigenvalue weighted by Gasteiger charge is 2.16. The van der Waals surface area contributed by atoms with Gasteiger partial charge in [-0.25, -0.2) is 9.18 Å². The fourth-order valence-corrected chi connectivity index (χ4v) is 2.61. The average Bonchev–Trinajstić information content (AvgIpc) is 3.43. The molecule has 0 aliphatic heterocycles. The molecule has 4 aromatic rings. The highest BCUT2D eigenvalue weighted by molar-refractivity contribution is 5.87. The van der Waals surface area contributed by atoms with Crippen molar-refractivity contribution in [3.8, 4) is 28.5 Å². The molecule has 0 N–H and O–H groups in total. The van der Waals surface area contributed by atoms with Crippen LogP contribution in [0, 0.1) is 5.82 Å². The molecule has 0 spiro atoms. The van der Waals surface area contributed by atoms with Gasteiger partial charge >= 0.3 is 5.97 Å². The van der Waals surface area contributed by atoms with Gasteiger partial charge in [0.25, 0.3) is 5.89 Å². The Kier molecular flexibility index (Phi) is 5.07. The zero-order valence-electron chi connectivity index (χ0n) is 15.3. The molecule has 146 valence electrons. The summed E-state index contributed by atoms with van der Waals surface area (Å²) in [6.45, 7) is -0.206. The van der Waals surface area contributed by atoms with Crippen molar-refractivity contribution in [3.63, 3.8) is 0 Å². The van der Waals surface area contributed by atoms with Crippen molar-refractivity contribution >= 4 is 5.97 Å². The summed E-state index contributed by atoms with van der Waals surface area (Å²) in [5.74, 6) is 0.558. The van der Waals surface area contributed by atoms with Crippen LogP contribution < -0.4 is 4.74 Å². The van der Waals surface area contributed by atoms with E-state index >= 15 is 0 Å². The van der Waals surface area contributed by atoms with Crippen LogP contribution in [0.5, 0.6) is 5.75 Å². The minimum absolute atomic E-state index is 0.0110. The number of esters is 1. The van der Waals surface area contributed by atoms with Gasteiger partial charge in [-0.3, -0.25) is 0 Å². The van der Waals surface area contributed by atoms with Crippen molar-refractivity contribution in [1.82, 2.24) is 10.1 Å². The average molecular weight is 394 g/mol. The monoisotopic (exact) mass is 394 g/mol. The van der Waals surface area contributed by atoms with Crippen LogP contribution in [0.1, 0.15) is 16.4 Å². The van der Waals surface area contributed by atoms with E-state index in [9.17, 15) is 9.18 Å². The van der Waals surface area contributed by atoms with E-state index in [0.29, 0.717) is 28.5 Å². The molecule has 0 radical (unpaired) electrons. The molecule has 0 bridgehead atoms. The van der Waals surface area contributed by atoms with E-state index in [0.717, 1.165) is 0 Å². The van der Waals surface area contributed by atoms with Gasteiger partial charge in [0.2, 0.25) is 11.6 Å². The number of benzene rings is 2. The number of methoxy groups -OCH3 is 1. The molecule has 0 atom stereocenters. The van der Waals surface area contributed by atoms with Gasteiger partial charge in [-0.15, -0.1) is 0 Å². The van der Waals surface area contributed by atoms with Gasteiger partial charge in [-0.2, -0.15) is 4.98 Å². The lowest BCUT2D eigenvalue weighted by atomic mass is 10.2. The molecule has 29 heavy (non-hydrogen) atoms. The Balaban J connectivity index is 1.40. The second-order valence-corrected chi connectivity index (χ2v) is 5.99. The van der Waals surface area contributed by atoms with E-state index in [-0.39, 0.29) is 24.1 Å². The third-order valence-corrected chi connectivity index (χ3v) is 4.06. The number of hydrogen-bond donors (Lipinski definition) is 0. The number of nitrogens with zero attached hydrogens (tertiary/aromatic N) is 2. The standard InChI is InChI=1S/C21H15FN2O5/c1-26-16-4-2-3-14(11-16)20-23-19(29-24-20)12-27-21(25)18-10-9-17(28-18)13-5-7-15(22)8-6-13/h2-11H,12H2,1H3. The molecule has 0 saturated heterocycles. The number of aromatic nitrogens is 2. The van der Waals surface area contributed by atoms with Crippen LogP contribution in [0.25, 0.3) is 22.7 Å². The lowest BCUT2D eigenvalue weighted by Crippen LogP contribution is -2.04. The molecular formula is C21H15FN2O5. The van der Waals surface area contributed by atoms with Crippen LogP contribution in [-0.4, -0.2) is 23.2 Å². The molecule has 4 rings (SSSR count). The van der Waals surface area contributed by atoms with Gasteiger partial charge in [0, 0.05) is 11.1 Å². The summed E-state index contributed by atoms with van der Waals surface area (Å²) >= 11 is 0. The van der Waals surface area contributed by atoms with Crippen molar-refractivity contribution in [3.05, 3.63) is 78.1 Å². The van der Waals surface area contributed by atoms with Crippen LogP contribution in [0.15, 0.2) is 69.6 Å². The molecule has 0 aliphatic carbocycles. The molecule has 0 aliphatic rings. The largest absolute Gasteiger partial charge is 0.497 e. The summed E-state index contributed by atoms with van der Waals surface area (Å²) in [5, 5.41) is 3.88. The van der Waals surface area contributed by atoms with Crippen LogP contribution >= 0.6 is 0 Å². The van der Waals surface area contributed by atoms with Crippen LogP contribution in [0.2, 0.25) is 0 Å². The lowest BCUT2D eigenvalue weighted by molar-refractivity contribution is 0.0394. The summed E-state index contributed by atoms with van der Waals surface area (Å²) in [6.07, 6.45) is 0. The van der Waals surface area contributed by atoms with Crippen molar-refractivity contribution in [2.24, 2.45) is 0 Å². The van der Waals surface area contributed by atoms with E-state index < -0.39 is 5.97 Å². The first-order valence-corrected chi connectivity index (χ1v) is 8.62. The number of rotatable bonds is 6. The van der Waals surface area contributed by atoms with Crippen molar-refractivity contribution in [2.75, 3.05) is 7.11 Å². The molecular weight excluding hydrogens is 379 g/mol. The third kappa shape index (κ3) is 4.16. The molecule has 0 saturated carbocycles. The van der Waals surface area contributed by atoms with E-state index in [4.69, 9.17) is 18.4 Å². The Labute approximate surface area is 164 Å². The zero-order valence-corrected chi connectivity index (χ0v) is 15.3. The van der Waals surface area contributed by atoms with Gasteiger partial charge in [0.05, 0.1) is 7.11 Å². The molecule has 0 amide bonds. The van der Waals surface area contributed by atoms with E-state index in [1.54, 1.807) is 43.5 Å². The topological polar surface area (TPSA) is 87.6 Å². The molecule has 2 aromatic carbocycles. The first kappa shape index (κ1) is 18.4. The Hall–Kier alpha value is -3.94. The highest BCUT2D eigenvalue weighted by atomic mass is 19.1. The maximum Gasteiger partial charge on any atom is 0.374 e. The summed E-state index contributed by atoms with van der Waals surface area (Å²) < 4.78 is 33.9. The van der Waals surface area contributed by atoms with Gasteiger partial charge in [-0.05, 0) is 48.5 Å².